The van der Waals surface area contributed by atoms with E-state index in [-0.39, 0.29) is 30.7 Å². The number of anilines is 1. The molecule has 0 unspecified atom stereocenters. The van der Waals surface area contributed by atoms with Crippen molar-refractivity contribution in [2.45, 2.75) is 13.2 Å². The second kappa shape index (κ2) is 5.59. The number of nitrogens with one attached hydrogen (secondary N) is 1. The van der Waals surface area contributed by atoms with Crippen molar-refractivity contribution in [2.24, 2.45) is 7.05 Å². The van der Waals surface area contributed by atoms with E-state index in [9.17, 15) is 14.4 Å². The number of pyridine rings is 1. The number of nitrogens with zero attached hydrogens (tertiary/aromatic N) is 3. The molecule has 3 aromatic rings. The average Bonchev–Trinajstić information content (AvgIpc) is 3.09. The van der Waals surface area contributed by atoms with Gasteiger partial charge in [0.15, 0.2) is 5.65 Å². The molecule has 0 saturated heterocycles. The Labute approximate surface area is 141 Å². The van der Waals surface area contributed by atoms with Crippen LogP contribution in [-0.4, -0.2) is 26.0 Å². The van der Waals surface area contributed by atoms with Gasteiger partial charge in [0.05, 0.1) is 11.1 Å². The summed E-state index contributed by atoms with van der Waals surface area (Å²) >= 11 is 0. The first kappa shape index (κ1) is 15.1. The van der Waals surface area contributed by atoms with Crippen molar-refractivity contribution in [3.05, 3.63) is 58.1 Å². The zero-order chi connectivity index (χ0) is 17.6. The number of cyclic esters (lactones) is 1. The topological polar surface area (TPSA) is 95.2 Å². The van der Waals surface area contributed by atoms with Gasteiger partial charge >= 0.3 is 11.7 Å². The van der Waals surface area contributed by atoms with Crippen LogP contribution in [0.5, 0.6) is 0 Å². The van der Waals surface area contributed by atoms with Crippen molar-refractivity contribution < 1.29 is 14.3 Å². The Morgan fingerprint density at radius 3 is 3.00 bits per heavy atom. The van der Waals surface area contributed by atoms with Gasteiger partial charge in [0.25, 0.3) is 0 Å². The molecule has 8 heteroatoms. The minimum absolute atomic E-state index is 0.131. The number of carbonyl (C=O) groups excluding carboxylic acids is 2. The number of esters is 1. The molecule has 0 saturated carbocycles. The number of aryl methyl sites for hydroxylation is 1. The van der Waals surface area contributed by atoms with Crippen LogP contribution in [0.3, 0.4) is 0 Å². The number of carbonyl (C=O) groups is 2. The summed E-state index contributed by atoms with van der Waals surface area (Å²) in [5.41, 5.74) is 2.60. The number of hydrogen-bond donors (Lipinski definition) is 1. The third-order valence-corrected chi connectivity index (χ3v) is 4.16. The summed E-state index contributed by atoms with van der Waals surface area (Å²) in [6.45, 7) is 0.0701. The highest BCUT2D eigenvalue weighted by Gasteiger charge is 2.21. The molecule has 0 radical (unpaired) electrons. The van der Waals surface area contributed by atoms with Crippen LogP contribution in [0.2, 0.25) is 0 Å². The van der Waals surface area contributed by atoms with Gasteiger partial charge in [-0.05, 0) is 30.3 Å². The van der Waals surface area contributed by atoms with Crippen molar-refractivity contribution >= 4 is 28.7 Å². The Morgan fingerprint density at radius 1 is 1.32 bits per heavy atom. The number of aromatic nitrogens is 3. The summed E-state index contributed by atoms with van der Waals surface area (Å²) in [5, 5.41) is 2.74. The quantitative estimate of drug-likeness (QED) is 0.720. The monoisotopic (exact) mass is 338 g/mol. The number of amides is 1. The molecule has 25 heavy (non-hydrogen) atoms. The van der Waals surface area contributed by atoms with Crippen molar-refractivity contribution in [3.63, 3.8) is 0 Å². The number of ether oxygens (including phenoxy) is 1. The normalized spacial score (nSPS) is 12.9. The number of benzene rings is 1. The Kier molecular flexibility index (Phi) is 3.38. The van der Waals surface area contributed by atoms with E-state index in [0.717, 1.165) is 5.56 Å². The second-order valence-electron chi connectivity index (χ2n) is 5.77. The maximum Gasteiger partial charge on any atom is 0.338 e. The molecule has 4 rings (SSSR count). The number of rotatable bonds is 3. The fourth-order valence-electron chi connectivity index (χ4n) is 2.94. The van der Waals surface area contributed by atoms with Crippen molar-refractivity contribution in [1.29, 1.82) is 0 Å². The van der Waals surface area contributed by atoms with E-state index in [0.29, 0.717) is 22.4 Å². The minimum Gasteiger partial charge on any atom is -0.457 e. The zero-order valence-corrected chi connectivity index (χ0v) is 13.4. The second-order valence-corrected chi connectivity index (χ2v) is 5.77. The predicted molar refractivity (Wildman–Crippen MR) is 89.2 cm³/mol. The average molecular weight is 338 g/mol. The van der Waals surface area contributed by atoms with Crippen molar-refractivity contribution in [2.75, 3.05) is 5.32 Å². The summed E-state index contributed by atoms with van der Waals surface area (Å²) in [6.07, 6.45) is 1.60. The Bertz CT molecular complexity index is 1080. The van der Waals surface area contributed by atoms with Crippen LogP contribution < -0.4 is 11.0 Å². The smallest absolute Gasteiger partial charge is 0.338 e. The first-order valence-corrected chi connectivity index (χ1v) is 7.65. The predicted octanol–water partition coefficient (Wildman–Crippen LogP) is 1.04. The highest BCUT2D eigenvalue weighted by Crippen LogP contribution is 2.23. The van der Waals surface area contributed by atoms with E-state index >= 15 is 0 Å². The van der Waals surface area contributed by atoms with Crippen LogP contribution >= 0.6 is 0 Å². The van der Waals surface area contributed by atoms with E-state index in [1.54, 1.807) is 43.6 Å². The van der Waals surface area contributed by atoms with Gasteiger partial charge in [-0.2, -0.15) is 0 Å². The molecule has 1 amide bonds. The molecule has 1 N–H and O–H groups in total. The van der Waals surface area contributed by atoms with Gasteiger partial charge in [-0.25, -0.2) is 14.6 Å². The van der Waals surface area contributed by atoms with Crippen LogP contribution in [-0.2, 0) is 29.7 Å². The standard InChI is InChI=1S/C17H14N4O4/c1-20-15-13(3-2-6-18-15)21(17(20)24)8-14(22)19-11-4-5-12-10(7-11)9-25-16(12)23/h2-7H,8-9H2,1H3,(H,19,22). The van der Waals surface area contributed by atoms with Crippen LogP contribution in [0.15, 0.2) is 41.3 Å². The Balaban J connectivity index is 1.59. The summed E-state index contributed by atoms with van der Waals surface area (Å²) in [7, 11) is 1.61. The maximum atomic E-state index is 12.4. The van der Waals surface area contributed by atoms with Gasteiger partial charge in [-0.1, -0.05) is 0 Å². The van der Waals surface area contributed by atoms with Gasteiger partial charge in [-0.15, -0.1) is 0 Å². The lowest BCUT2D eigenvalue weighted by Gasteiger charge is -2.07. The largest absolute Gasteiger partial charge is 0.457 e. The van der Waals surface area contributed by atoms with Gasteiger partial charge in [0, 0.05) is 24.5 Å². The molecule has 1 aliphatic heterocycles. The molecule has 0 aliphatic carbocycles. The summed E-state index contributed by atoms with van der Waals surface area (Å²) < 4.78 is 7.72. The molecular formula is C17H14N4O4. The van der Waals surface area contributed by atoms with E-state index in [1.807, 2.05) is 0 Å². The van der Waals surface area contributed by atoms with E-state index in [2.05, 4.69) is 10.3 Å². The lowest BCUT2D eigenvalue weighted by Crippen LogP contribution is -2.28. The third-order valence-electron chi connectivity index (χ3n) is 4.16. The molecule has 126 valence electrons. The highest BCUT2D eigenvalue weighted by molar-refractivity contribution is 5.96. The molecule has 3 heterocycles. The van der Waals surface area contributed by atoms with Gasteiger partial charge < -0.3 is 10.1 Å². The summed E-state index contributed by atoms with van der Waals surface area (Å²) in [6, 6.07) is 8.42. The fourth-order valence-corrected chi connectivity index (χ4v) is 2.94. The molecule has 8 nitrogen and oxygen atoms in total. The first-order valence-electron chi connectivity index (χ1n) is 7.65. The molecule has 1 aromatic carbocycles. The minimum atomic E-state index is -0.359. The SMILES string of the molecule is Cn1c(=O)n(CC(=O)Nc2ccc3c(c2)COC3=O)c2cccnc21. The van der Waals surface area contributed by atoms with E-state index in [1.165, 1.54) is 9.13 Å². The molecule has 1 aliphatic rings. The number of fused-ring (bicyclic) bond motifs is 2. The Hall–Kier alpha value is -3.42. The maximum absolute atomic E-state index is 12.4. The van der Waals surface area contributed by atoms with Crippen molar-refractivity contribution in [1.82, 2.24) is 14.1 Å². The van der Waals surface area contributed by atoms with E-state index in [4.69, 9.17) is 4.74 Å². The molecule has 0 atom stereocenters. The molecule has 0 spiro atoms. The third kappa shape index (κ3) is 2.47. The lowest BCUT2D eigenvalue weighted by molar-refractivity contribution is -0.116. The van der Waals surface area contributed by atoms with Crippen LogP contribution in [0.4, 0.5) is 5.69 Å². The number of imidazole rings is 1. The molecular weight excluding hydrogens is 324 g/mol. The van der Waals surface area contributed by atoms with Gasteiger partial charge in [-0.3, -0.25) is 13.9 Å². The van der Waals surface area contributed by atoms with Crippen LogP contribution in [0.1, 0.15) is 15.9 Å². The number of hydrogen-bond acceptors (Lipinski definition) is 5. The lowest BCUT2D eigenvalue weighted by atomic mass is 10.1. The summed E-state index contributed by atoms with van der Waals surface area (Å²) in [4.78, 5) is 40.3. The van der Waals surface area contributed by atoms with Crippen LogP contribution in [0.25, 0.3) is 11.2 Å². The fraction of sp³-hybridized carbons (Fsp3) is 0.176. The molecule has 0 bridgehead atoms. The van der Waals surface area contributed by atoms with E-state index < -0.39 is 0 Å². The Morgan fingerprint density at radius 2 is 2.16 bits per heavy atom. The molecule has 2 aromatic heterocycles. The highest BCUT2D eigenvalue weighted by atomic mass is 16.5. The summed E-state index contributed by atoms with van der Waals surface area (Å²) in [5.74, 6) is -0.702. The van der Waals surface area contributed by atoms with Crippen LogP contribution in [0, 0.1) is 0 Å². The first-order chi connectivity index (χ1) is 12.0. The van der Waals surface area contributed by atoms with Crippen molar-refractivity contribution in [3.8, 4) is 0 Å². The molecule has 0 fully saturated rings. The van der Waals surface area contributed by atoms with Gasteiger partial charge in [0.2, 0.25) is 5.91 Å². The zero-order valence-electron chi connectivity index (χ0n) is 13.4. The van der Waals surface area contributed by atoms with Gasteiger partial charge in [0.1, 0.15) is 13.2 Å².